The molecule has 2 saturated heterocycles. The lowest BCUT2D eigenvalue weighted by atomic mass is 9.76. The Hall–Kier alpha value is -3.57. The predicted molar refractivity (Wildman–Crippen MR) is 155 cm³/mol. The summed E-state index contributed by atoms with van der Waals surface area (Å²) in [5, 5.41) is 12.7. The van der Waals surface area contributed by atoms with Crippen molar-refractivity contribution in [2.45, 2.75) is 57.3 Å². The molecule has 3 heterocycles. The summed E-state index contributed by atoms with van der Waals surface area (Å²) in [6.45, 7) is 5.71. The molecular weight excluding hydrogens is 571 g/mol. The molecule has 5 rings (SSSR count). The number of nitrogens with one attached hydrogen (secondary N) is 1. The Bertz CT molecular complexity index is 1460. The number of carboxylic acids is 1. The van der Waals surface area contributed by atoms with Gasteiger partial charge in [0.1, 0.15) is 11.9 Å². The first kappa shape index (κ1) is 29.9. The molecule has 0 radical (unpaired) electrons. The van der Waals surface area contributed by atoms with Crippen LogP contribution in [0.2, 0.25) is 5.02 Å². The van der Waals surface area contributed by atoms with Crippen molar-refractivity contribution < 1.29 is 27.8 Å². The van der Waals surface area contributed by atoms with E-state index in [0.717, 1.165) is 5.56 Å². The molecule has 0 saturated carbocycles. The number of aliphatic carboxylic acids is 1. The molecule has 2 atom stereocenters. The van der Waals surface area contributed by atoms with Crippen molar-refractivity contribution in [1.82, 2.24) is 15.3 Å². The zero-order valence-corrected chi connectivity index (χ0v) is 24.0. The standard InChI is InChI=1S/C30H33ClF3N5O3/c1-17(2)18-4-3-5-19(12-18)22-13-20(31)6-7-21(22)26(30(32,33)34)42-25-14-24(37-28(35)38-25)39-10-8-29(9-11-39)15-23(27(40)41)36-16-29/h3-7,12-14,17,23,26,36H,8-11,15-16H2,1-2H3,(H,40,41)(H2,35,37,38)/t23?,26-/m1/s1. The van der Waals surface area contributed by atoms with Gasteiger partial charge in [0.2, 0.25) is 17.9 Å². The van der Waals surface area contributed by atoms with Gasteiger partial charge in [0.25, 0.3) is 0 Å². The molecule has 12 heteroatoms. The van der Waals surface area contributed by atoms with Crippen molar-refractivity contribution in [3.63, 3.8) is 0 Å². The molecule has 0 bridgehead atoms. The maximum Gasteiger partial charge on any atom is 0.429 e. The third kappa shape index (κ3) is 6.42. The molecule has 42 heavy (non-hydrogen) atoms. The monoisotopic (exact) mass is 603 g/mol. The lowest BCUT2D eigenvalue weighted by Gasteiger charge is -2.39. The van der Waals surface area contributed by atoms with Crippen LogP contribution in [0.3, 0.4) is 0 Å². The number of carboxylic acid groups (broad SMARTS) is 1. The van der Waals surface area contributed by atoms with Gasteiger partial charge in [0.15, 0.2) is 0 Å². The van der Waals surface area contributed by atoms with Crippen molar-refractivity contribution in [1.29, 1.82) is 0 Å². The number of nitrogens with two attached hydrogens (primary N) is 1. The molecule has 1 unspecified atom stereocenters. The van der Waals surface area contributed by atoms with Crippen molar-refractivity contribution >= 4 is 29.3 Å². The van der Waals surface area contributed by atoms with E-state index in [4.69, 9.17) is 22.1 Å². The van der Waals surface area contributed by atoms with Crippen molar-refractivity contribution in [2.75, 3.05) is 30.3 Å². The first-order valence-corrected chi connectivity index (χ1v) is 14.2. The fourth-order valence-corrected chi connectivity index (χ4v) is 6.01. The molecule has 1 spiro atoms. The van der Waals surface area contributed by atoms with Crippen LogP contribution in [0.1, 0.15) is 56.3 Å². The van der Waals surface area contributed by atoms with Crippen molar-refractivity contribution in [2.24, 2.45) is 5.41 Å². The molecule has 8 nitrogen and oxygen atoms in total. The van der Waals surface area contributed by atoms with Gasteiger partial charge >= 0.3 is 12.1 Å². The Labute approximate surface area is 247 Å². The minimum absolute atomic E-state index is 0.104. The molecule has 3 aromatic rings. The topological polar surface area (TPSA) is 114 Å². The van der Waals surface area contributed by atoms with Crippen LogP contribution in [0.15, 0.2) is 48.5 Å². The summed E-state index contributed by atoms with van der Waals surface area (Å²) in [5.41, 5.74) is 7.57. The number of piperidine rings is 1. The maximum absolute atomic E-state index is 14.6. The molecule has 1 aromatic heterocycles. The quantitative estimate of drug-likeness (QED) is 0.292. The van der Waals surface area contributed by atoms with Crippen LogP contribution in [0.4, 0.5) is 24.9 Å². The van der Waals surface area contributed by atoms with Gasteiger partial charge in [-0.25, -0.2) is 0 Å². The average molecular weight is 604 g/mol. The number of nitrogen functional groups attached to an aromatic ring is 1. The van der Waals surface area contributed by atoms with Gasteiger partial charge in [0.05, 0.1) is 0 Å². The van der Waals surface area contributed by atoms with Crippen LogP contribution in [0.5, 0.6) is 5.88 Å². The summed E-state index contributed by atoms with van der Waals surface area (Å²) in [5.74, 6) is -0.841. The Morgan fingerprint density at radius 3 is 2.55 bits per heavy atom. The molecule has 224 valence electrons. The first-order chi connectivity index (χ1) is 19.8. The molecule has 2 fully saturated rings. The maximum atomic E-state index is 14.6. The SMILES string of the molecule is CC(C)c1cccc(-c2cc(Cl)ccc2[C@@H](Oc2cc(N3CCC4(CC3)CNC(C(=O)O)C4)nc(N)n2)C(F)(F)F)c1. The van der Waals surface area contributed by atoms with Crippen LogP contribution in [-0.2, 0) is 4.79 Å². The second-order valence-corrected chi connectivity index (χ2v) is 11.9. The highest BCUT2D eigenvalue weighted by Gasteiger charge is 2.46. The van der Waals surface area contributed by atoms with E-state index in [1.165, 1.54) is 24.3 Å². The van der Waals surface area contributed by atoms with Crippen LogP contribution >= 0.6 is 11.6 Å². The van der Waals surface area contributed by atoms with E-state index in [0.29, 0.717) is 60.9 Å². The van der Waals surface area contributed by atoms with Gasteiger partial charge in [-0.05, 0) is 59.4 Å². The van der Waals surface area contributed by atoms with E-state index in [1.54, 1.807) is 6.07 Å². The van der Waals surface area contributed by atoms with E-state index < -0.39 is 24.3 Å². The van der Waals surface area contributed by atoms with Crippen LogP contribution in [0, 0.1) is 5.41 Å². The Kier molecular flexibility index (Phi) is 8.26. The van der Waals surface area contributed by atoms with Gasteiger partial charge < -0.3 is 25.8 Å². The number of carbonyl (C=O) groups is 1. The summed E-state index contributed by atoms with van der Waals surface area (Å²) >= 11 is 6.25. The van der Waals surface area contributed by atoms with E-state index >= 15 is 0 Å². The minimum Gasteiger partial charge on any atom is -0.480 e. The lowest BCUT2D eigenvalue weighted by molar-refractivity contribution is -0.198. The number of aromatic nitrogens is 2. The number of hydrogen-bond donors (Lipinski definition) is 3. The number of nitrogens with zero attached hydrogens (tertiary/aromatic N) is 3. The van der Waals surface area contributed by atoms with Gasteiger partial charge in [-0.1, -0.05) is 55.8 Å². The van der Waals surface area contributed by atoms with Gasteiger partial charge in [-0.3, -0.25) is 4.79 Å². The number of alkyl halides is 3. The fraction of sp³-hybridized carbons (Fsp3) is 0.433. The molecule has 2 aliphatic heterocycles. The van der Waals surface area contributed by atoms with Crippen molar-refractivity contribution in [3.8, 4) is 17.0 Å². The van der Waals surface area contributed by atoms with Crippen LogP contribution in [0.25, 0.3) is 11.1 Å². The third-order valence-electron chi connectivity index (χ3n) is 8.21. The number of anilines is 2. The van der Waals surface area contributed by atoms with E-state index in [1.807, 2.05) is 36.9 Å². The molecule has 0 amide bonds. The fourth-order valence-electron chi connectivity index (χ4n) is 5.84. The molecule has 2 aromatic carbocycles. The summed E-state index contributed by atoms with van der Waals surface area (Å²) in [4.78, 5) is 21.6. The second kappa shape index (κ2) is 11.6. The van der Waals surface area contributed by atoms with Gasteiger partial charge in [-0.15, -0.1) is 0 Å². The Morgan fingerprint density at radius 1 is 1.17 bits per heavy atom. The Balaban J connectivity index is 1.42. The molecule has 2 aliphatic rings. The number of rotatable bonds is 7. The van der Waals surface area contributed by atoms with Crippen molar-refractivity contribution in [3.05, 3.63) is 64.7 Å². The summed E-state index contributed by atoms with van der Waals surface area (Å²) < 4.78 is 49.4. The van der Waals surface area contributed by atoms with Gasteiger partial charge in [-0.2, -0.15) is 23.1 Å². The van der Waals surface area contributed by atoms with E-state index in [2.05, 4.69) is 15.3 Å². The van der Waals surface area contributed by atoms with E-state index in [9.17, 15) is 23.1 Å². The van der Waals surface area contributed by atoms with Gasteiger partial charge in [0, 0.05) is 36.3 Å². The molecule has 0 aliphatic carbocycles. The minimum atomic E-state index is -4.79. The summed E-state index contributed by atoms with van der Waals surface area (Å²) in [6, 6.07) is 12.4. The summed E-state index contributed by atoms with van der Waals surface area (Å²) in [7, 11) is 0. The van der Waals surface area contributed by atoms with Crippen LogP contribution in [-0.4, -0.2) is 52.9 Å². The highest BCUT2D eigenvalue weighted by atomic mass is 35.5. The Morgan fingerprint density at radius 2 is 1.90 bits per heavy atom. The second-order valence-electron chi connectivity index (χ2n) is 11.4. The largest absolute Gasteiger partial charge is 0.480 e. The van der Waals surface area contributed by atoms with E-state index in [-0.39, 0.29) is 28.7 Å². The third-order valence-corrected chi connectivity index (χ3v) is 8.45. The first-order valence-electron chi connectivity index (χ1n) is 13.8. The zero-order valence-electron chi connectivity index (χ0n) is 23.3. The zero-order chi connectivity index (χ0) is 30.2. The molecular formula is C30H33ClF3N5O3. The normalized spacial score (nSPS) is 19.3. The number of benzene rings is 2. The van der Waals surface area contributed by atoms with Crippen LogP contribution < -0.4 is 20.7 Å². The lowest BCUT2D eigenvalue weighted by Crippen LogP contribution is -2.41. The molecule has 4 N–H and O–H groups in total. The number of ether oxygens (including phenoxy) is 1. The average Bonchev–Trinajstić information content (AvgIpc) is 3.35. The predicted octanol–water partition coefficient (Wildman–Crippen LogP) is 6.22. The smallest absolute Gasteiger partial charge is 0.429 e. The summed E-state index contributed by atoms with van der Waals surface area (Å²) in [6.07, 6.45) is -5.19. The highest BCUT2D eigenvalue weighted by molar-refractivity contribution is 6.30. The highest BCUT2D eigenvalue weighted by Crippen LogP contribution is 2.43. The number of hydrogen-bond acceptors (Lipinski definition) is 7. The number of halogens is 4.